The topological polar surface area (TPSA) is 212 Å². The molecule has 7 heterocycles. The summed E-state index contributed by atoms with van der Waals surface area (Å²) in [5.41, 5.74) is 10.3. The van der Waals surface area contributed by atoms with Gasteiger partial charge in [-0.1, -0.05) is 30.0 Å². The van der Waals surface area contributed by atoms with Gasteiger partial charge in [0, 0.05) is 97.3 Å². The molecule has 0 saturated carbocycles. The second-order valence-electron chi connectivity index (χ2n) is 18.6. The summed E-state index contributed by atoms with van der Waals surface area (Å²) in [5.74, 6) is -1.06. The molecule has 2 aromatic heterocycles. The number of nitrogens with two attached hydrogens (primary N) is 1. The van der Waals surface area contributed by atoms with Gasteiger partial charge in [-0.05, 0) is 99.0 Å². The highest BCUT2D eigenvalue weighted by Gasteiger charge is 2.39. The van der Waals surface area contributed by atoms with Gasteiger partial charge < -0.3 is 40.4 Å². The molecule has 5 amide bonds. The van der Waals surface area contributed by atoms with Crippen LogP contribution < -0.4 is 31.5 Å². The van der Waals surface area contributed by atoms with Crippen LogP contribution in [0.1, 0.15) is 100 Å². The zero-order valence-corrected chi connectivity index (χ0v) is 38.9. The Hall–Kier alpha value is -7.12. The summed E-state index contributed by atoms with van der Waals surface area (Å²) < 4.78 is 21.6. The van der Waals surface area contributed by atoms with Crippen LogP contribution in [-0.2, 0) is 22.7 Å². The van der Waals surface area contributed by atoms with Crippen molar-refractivity contribution in [2.24, 2.45) is 5.73 Å². The number of anilines is 3. The predicted octanol–water partition coefficient (Wildman–Crippen LogP) is 5.73. The maximum atomic E-state index is 15.7. The largest absolute Gasteiger partial charge is 0.431 e. The normalized spacial score (nSPS) is 19.4. The smallest absolute Gasteiger partial charge is 0.288 e. The van der Waals surface area contributed by atoms with E-state index >= 15 is 4.39 Å². The van der Waals surface area contributed by atoms with Crippen molar-refractivity contribution in [1.29, 1.82) is 0 Å². The molecule has 19 heteroatoms. The summed E-state index contributed by atoms with van der Waals surface area (Å²) in [4.78, 5) is 86.0. The lowest BCUT2D eigenvalue weighted by Crippen LogP contribution is -2.52. The van der Waals surface area contributed by atoms with Gasteiger partial charge in [0.05, 0.1) is 24.3 Å². The number of nitrogens with zero attached hydrogens (tertiary/aromatic N) is 7. The molecule has 3 aromatic carbocycles. The van der Waals surface area contributed by atoms with E-state index in [1.807, 2.05) is 35.4 Å². The van der Waals surface area contributed by atoms with E-state index in [9.17, 15) is 24.0 Å². The van der Waals surface area contributed by atoms with Crippen LogP contribution in [0.5, 0.6) is 0 Å². The molecule has 1 unspecified atom stereocenters. The monoisotopic (exact) mass is 953 g/mol. The number of oxazole rings is 1. The number of piperidine rings is 3. The maximum Gasteiger partial charge on any atom is 0.288 e. The molecule has 10 rings (SSSR count). The number of carbonyl (C=O) groups excluding carboxylic acids is 5. The number of hydrogen-bond acceptors (Lipinski definition) is 14. The Morgan fingerprint density at radius 1 is 0.899 bits per heavy atom. The van der Waals surface area contributed by atoms with Crippen molar-refractivity contribution >= 4 is 64.1 Å². The van der Waals surface area contributed by atoms with Crippen molar-refractivity contribution in [3.63, 3.8) is 0 Å². The van der Waals surface area contributed by atoms with Gasteiger partial charge in [0.2, 0.25) is 23.5 Å². The number of amides is 5. The molecule has 0 radical (unpaired) electrons. The molecule has 5 aliphatic rings. The fourth-order valence-corrected chi connectivity index (χ4v) is 10.4. The number of halogens is 1. The first kappa shape index (κ1) is 45.7. The molecule has 0 bridgehead atoms. The third kappa shape index (κ3) is 10.1. The van der Waals surface area contributed by atoms with Gasteiger partial charge in [0.15, 0.2) is 0 Å². The fraction of sp³-hybridized carbons (Fsp3) is 0.360. The van der Waals surface area contributed by atoms with Crippen molar-refractivity contribution in [3.8, 4) is 0 Å². The van der Waals surface area contributed by atoms with E-state index in [-0.39, 0.29) is 60.6 Å². The van der Waals surface area contributed by atoms with E-state index < -0.39 is 29.6 Å². The van der Waals surface area contributed by atoms with Crippen LogP contribution in [0.25, 0.3) is 5.57 Å². The average molecular weight is 954 g/mol. The third-order valence-corrected chi connectivity index (χ3v) is 14.6. The summed E-state index contributed by atoms with van der Waals surface area (Å²) >= 11 is 1.44. The molecule has 3 saturated heterocycles. The first-order valence-electron chi connectivity index (χ1n) is 23.3. The summed E-state index contributed by atoms with van der Waals surface area (Å²) in [7, 11) is 0. The molecule has 0 spiro atoms. The Bertz CT molecular complexity index is 2850. The van der Waals surface area contributed by atoms with Gasteiger partial charge in [-0.2, -0.15) is 0 Å². The number of carbonyl (C=O) groups is 5. The highest BCUT2D eigenvalue weighted by molar-refractivity contribution is 7.99. The Balaban J connectivity index is 0.680. The average Bonchev–Trinajstić information content (AvgIpc) is 4.11. The number of fused-ring (bicyclic) bond motifs is 1. The lowest BCUT2D eigenvalue weighted by molar-refractivity contribution is -0.136. The SMILES string of the molecule is CC1(N)CCN(c2cnc(Sc3cccc(NC(=O)c4ccc(N5CCC(N6C=C(c7ncc(C(=O)NCc8ccc9c(c8)CN(C8CCC(=O)NC8=O)C9=O)o7)CC6)CC5)c(F)c4)c3)cn2)CC1. The van der Waals surface area contributed by atoms with Gasteiger partial charge in [-0.25, -0.2) is 19.3 Å². The Labute approximate surface area is 402 Å². The second kappa shape index (κ2) is 19.1. The summed E-state index contributed by atoms with van der Waals surface area (Å²) in [5, 5.41) is 8.81. The third-order valence-electron chi connectivity index (χ3n) is 13.6. The number of nitrogens with one attached hydrogen (secondary N) is 3. The number of hydrogen-bond donors (Lipinski definition) is 4. The van der Waals surface area contributed by atoms with Crippen molar-refractivity contribution in [2.45, 2.75) is 92.5 Å². The van der Waals surface area contributed by atoms with Crippen LogP contribution >= 0.6 is 11.8 Å². The van der Waals surface area contributed by atoms with Crippen LogP contribution in [0, 0.1) is 5.82 Å². The van der Waals surface area contributed by atoms with Crippen molar-refractivity contribution < 1.29 is 32.8 Å². The molecule has 0 aliphatic carbocycles. The van der Waals surface area contributed by atoms with Crippen LogP contribution in [0.4, 0.5) is 21.6 Å². The zero-order chi connectivity index (χ0) is 47.8. The molecule has 5 aromatic rings. The van der Waals surface area contributed by atoms with Crippen molar-refractivity contribution in [3.05, 3.63) is 125 Å². The zero-order valence-electron chi connectivity index (χ0n) is 38.1. The van der Waals surface area contributed by atoms with Crippen LogP contribution in [0.3, 0.4) is 0 Å². The number of benzene rings is 3. The van der Waals surface area contributed by atoms with Crippen molar-refractivity contribution in [2.75, 3.05) is 47.8 Å². The van der Waals surface area contributed by atoms with Crippen LogP contribution in [-0.4, -0.2) is 105 Å². The minimum Gasteiger partial charge on any atom is -0.431 e. The maximum absolute atomic E-state index is 15.7. The molecule has 1 atom stereocenters. The van der Waals surface area contributed by atoms with Gasteiger partial charge in [-0.15, -0.1) is 0 Å². The standard InChI is InChI=1S/C50H52FN11O6S/c1-50(52)14-19-60(20-15-50)42-26-54-44(27-53-42)69-36-4-2-3-34(23-36)57-45(64)31-6-8-39(38(51)22-31)59-17-12-35(13-18-59)61-16-11-32(28-61)48-56-25-41(68-48)47(66)55-24-30-5-7-37-33(21-30)29-62(49(37)67)40-9-10-43(63)58-46(40)65/h2-8,21-23,25-28,35,40H,9-20,24,29,52H2,1H3,(H,55,66)(H,57,64)(H,58,63,65). The Morgan fingerprint density at radius 2 is 1.72 bits per heavy atom. The molecule has 356 valence electrons. The van der Waals surface area contributed by atoms with Crippen LogP contribution in [0.2, 0.25) is 0 Å². The highest BCUT2D eigenvalue weighted by Crippen LogP contribution is 2.34. The first-order valence-corrected chi connectivity index (χ1v) is 24.1. The van der Waals surface area contributed by atoms with Crippen molar-refractivity contribution in [1.82, 2.24) is 35.4 Å². The van der Waals surface area contributed by atoms with E-state index in [0.29, 0.717) is 42.3 Å². The molecule has 5 N–H and O–H groups in total. The molecule has 5 aliphatic heterocycles. The lowest BCUT2D eigenvalue weighted by Gasteiger charge is -2.38. The summed E-state index contributed by atoms with van der Waals surface area (Å²) in [6.07, 6.45) is 11.6. The van der Waals surface area contributed by atoms with Gasteiger partial charge in [0.1, 0.15) is 22.7 Å². The number of imide groups is 1. The Kier molecular flexibility index (Phi) is 12.6. The fourth-order valence-electron chi connectivity index (χ4n) is 9.64. The quantitative estimate of drug-likeness (QED) is 0.110. The van der Waals surface area contributed by atoms with E-state index in [1.165, 1.54) is 28.9 Å². The van der Waals surface area contributed by atoms with E-state index in [2.05, 4.69) is 47.6 Å². The highest BCUT2D eigenvalue weighted by atomic mass is 32.2. The molecular weight excluding hydrogens is 902 g/mol. The lowest BCUT2D eigenvalue weighted by atomic mass is 9.91. The van der Waals surface area contributed by atoms with Crippen LogP contribution in [0.15, 0.2) is 99.8 Å². The minimum atomic E-state index is -0.699. The van der Waals surface area contributed by atoms with Gasteiger partial charge >= 0.3 is 0 Å². The van der Waals surface area contributed by atoms with Gasteiger partial charge in [-0.3, -0.25) is 29.3 Å². The predicted molar refractivity (Wildman–Crippen MR) is 256 cm³/mol. The molecule has 69 heavy (non-hydrogen) atoms. The number of aromatic nitrogens is 3. The van der Waals surface area contributed by atoms with E-state index in [1.54, 1.807) is 42.7 Å². The van der Waals surface area contributed by atoms with E-state index in [0.717, 1.165) is 77.8 Å². The minimum absolute atomic E-state index is 0.0784. The second-order valence-corrected chi connectivity index (χ2v) is 19.7. The first-order chi connectivity index (χ1) is 33.3. The summed E-state index contributed by atoms with van der Waals surface area (Å²) in [6, 6.07) is 16.9. The molecular formula is C50H52FN11O6S. The summed E-state index contributed by atoms with van der Waals surface area (Å²) in [6.45, 7) is 6.24. The Morgan fingerprint density at radius 3 is 2.49 bits per heavy atom. The molecule has 17 nitrogen and oxygen atoms in total. The molecule has 3 fully saturated rings. The number of rotatable bonds is 12. The van der Waals surface area contributed by atoms with Gasteiger partial charge in [0.25, 0.3) is 17.7 Å². The van der Waals surface area contributed by atoms with E-state index in [4.69, 9.17) is 10.2 Å².